The largest absolute Gasteiger partial charge is 0.376 e. The van der Waals surface area contributed by atoms with Gasteiger partial charge in [0, 0.05) is 39.6 Å². The molecule has 0 spiro atoms. The first-order valence-corrected chi connectivity index (χ1v) is 17.7. The fourth-order valence-corrected chi connectivity index (χ4v) is 8.71. The molecule has 11 rings (SSSR count). The SMILES string of the molecule is c1ccc(N(c2ccccc2)c2ccc3cc4c(cc3c2)-c2c(ccc3ccccc23)B2c3cc5ccccc5cc3-c3ccccc3N24)cc1. The minimum atomic E-state index is 0.0370. The molecule has 0 aromatic heterocycles. The molecule has 0 saturated heterocycles. The van der Waals surface area contributed by atoms with Crippen LogP contribution in [0.3, 0.4) is 0 Å². The molecule has 9 aromatic carbocycles. The minimum absolute atomic E-state index is 0.0370. The van der Waals surface area contributed by atoms with Crippen LogP contribution in [0.4, 0.5) is 28.4 Å². The summed E-state index contributed by atoms with van der Waals surface area (Å²) in [6.07, 6.45) is 0. The van der Waals surface area contributed by atoms with Crippen molar-refractivity contribution in [3.63, 3.8) is 0 Å². The fraction of sp³-hybridized carbons (Fsp3) is 0. The molecule has 0 N–H and O–H groups in total. The van der Waals surface area contributed by atoms with E-state index in [0.29, 0.717) is 0 Å². The average molecular weight is 647 g/mol. The van der Waals surface area contributed by atoms with Crippen LogP contribution in [0, 0.1) is 0 Å². The van der Waals surface area contributed by atoms with Crippen molar-refractivity contribution in [3.05, 3.63) is 188 Å². The Bertz CT molecular complexity index is 2790. The summed E-state index contributed by atoms with van der Waals surface area (Å²) in [5.74, 6) is 0. The molecule has 0 aliphatic carbocycles. The van der Waals surface area contributed by atoms with E-state index < -0.39 is 0 Å². The van der Waals surface area contributed by atoms with E-state index in [1.165, 1.54) is 76.9 Å². The standard InChI is InChI=1S/C48H31BN2/c1-3-16-37(17-4-1)50(38-18-5-2-6-19-38)39-25-23-35-31-47-43(29-36(35)27-39)48-40-20-10-9-13-32(40)24-26-44(48)49-45-30-34-15-8-7-14-33(34)28-42(45)41-21-11-12-22-46(41)51(47)49/h1-31H. The molecule has 2 aliphatic heterocycles. The van der Waals surface area contributed by atoms with Crippen molar-refractivity contribution in [3.8, 4) is 22.3 Å². The number of hydrogen-bond donors (Lipinski definition) is 0. The summed E-state index contributed by atoms with van der Waals surface area (Å²) in [4.78, 5) is 4.97. The maximum atomic E-state index is 2.62. The van der Waals surface area contributed by atoms with Gasteiger partial charge in [0.1, 0.15) is 0 Å². The molecule has 0 saturated carbocycles. The summed E-state index contributed by atoms with van der Waals surface area (Å²) in [5, 5.41) is 7.55. The highest BCUT2D eigenvalue weighted by molar-refractivity contribution is 6.93. The number of rotatable bonds is 3. The third-order valence-corrected chi connectivity index (χ3v) is 10.9. The molecular weight excluding hydrogens is 615 g/mol. The van der Waals surface area contributed by atoms with Crippen molar-refractivity contribution in [2.75, 3.05) is 9.71 Å². The lowest BCUT2D eigenvalue weighted by Gasteiger charge is -2.44. The zero-order chi connectivity index (χ0) is 33.5. The third kappa shape index (κ3) is 4.25. The van der Waals surface area contributed by atoms with Gasteiger partial charge in [-0.15, -0.1) is 0 Å². The monoisotopic (exact) mass is 646 g/mol. The van der Waals surface area contributed by atoms with Crippen LogP contribution >= 0.6 is 0 Å². The van der Waals surface area contributed by atoms with E-state index in [4.69, 9.17) is 0 Å². The number of benzene rings is 9. The molecule has 0 atom stereocenters. The third-order valence-electron chi connectivity index (χ3n) is 10.9. The first-order valence-electron chi connectivity index (χ1n) is 17.7. The van der Waals surface area contributed by atoms with E-state index in [1.54, 1.807) is 0 Å². The zero-order valence-electron chi connectivity index (χ0n) is 27.9. The molecule has 0 unspecified atom stereocenters. The number of anilines is 5. The fourth-order valence-electron chi connectivity index (χ4n) is 8.71. The first kappa shape index (κ1) is 28.3. The summed E-state index contributed by atoms with van der Waals surface area (Å²) >= 11 is 0. The molecule has 3 heteroatoms. The average Bonchev–Trinajstić information content (AvgIpc) is 3.20. The first-order chi connectivity index (χ1) is 25.3. The Hall–Kier alpha value is -6.58. The molecular formula is C48H31BN2. The summed E-state index contributed by atoms with van der Waals surface area (Å²) in [7, 11) is 0. The molecule has 0 amide bonds. The van der Waals surface area contributed by atoms with Crippen LogP contribution in [0.2, 0.25) is 0 Å². The molecule has 9 aromatic rings. The maximum Gasteiger partial charge on any atom is 0.329 e. The van der Waals surface area contributed by atoms with Gasteiger partial charge in [0.05, 0.1) is 0 Å². The highest BCUT2D eigenvalue weighted by atomic mass is 15.1. The van der Waals surface area contributed by atoms with Gasteiger partial charge in [0.15, 0.2) is 0 Å². The van der Waals surface area contributed by atoms with Crippen molar-refractivity contribution >= 4 is 78.5 Å². The number of nitrogens with zero attached hydrogens (tertiary/aromatic N) is 2. The van der Waals surface area contributed by atoms with Crippen LogP contribution in [0.15, 0.2) is 188 Å². The number of para-hydroxylation sites is 3. The molecule has 0 radical (unpaired) electrons. The van der Waals surface area contributed by atoms with Crippen molar-refractivity contribution < 1.29 is 0 Å². The Morgan fingerprint density at radius 2 is 0.961 bits per heavy atom. The predicted molar refractivity (Wildman–Crippen MR) is 218 cm³/mol. The number of hydrogen-bond acceptors (Lipinski definition) is 2. The lowest BCUT2D eigenvalue weighted by atomic mass is 9.43. The van der Waals surface area contributed by atoms with Gasteiger partial charge < -0.3 is 9.71 Å². The molecule has 236 valence electrons. The summed E-state index contributed by atoms with van der Waals surface area (Å²) in [5.41, 5.74) is 13.8. The highest BCUT2D eigenvalue weighted by Crippen LogP contribution is 2.49. The topological polar surface area (TPSA) is 6.48 Å². The molecule has 0 fully saturated rings. The molecule has 2 nitrogen and oxygen atoms in total. The van der Waals surface area contributed by atoms with Gasteiger partial charge in [-0.05, 0) is 115 Å². The van der Waals surface area contributed by atoms with E-state index in [0.717, 1.165) is 17.1 Å². The smallest absolute Gasteiger partial charge is 0.329 e. The van der Waals surface area contributed by atoms with Gasteiger partial charge in [0.2, 0.25) is 0 Å². The normalized spacial score (nSPS) is 12.6. The van der Waals surface area contributed by atoms with Gasteiger partial charge >= 0.3 is 6.85 Å². The van der Waals surface area contributed by atoms with Gasteiger partial charge in [-0.2, -0.15) is 0 Å². The highest BCUT2D eigenvalue weighted by Gasteiger charge is 2.43. The van der Waals surface area contributed by atoms with Gasteiger partial charge in [-0.25, -0.2) is 0 Å². The Balaban J connectivity index is 1.20. The van der Waals surface area contributed by atoms with E-state index in [-0.39, 0.29) is 6.85 Å². The van der Waals surface area contributed by atoms with Crippen LogP contribution in [-0.2, 0) is 0 Å². The van der Waals surface area contributed by atoms with Crippen LogP contribution in [-0.4, -0.2) is 6.85 Å². The summed E-state index contributed by atoms with van der Waals surface area (Å²) < 4.78 is 0. The van der Waals surface area contributed by atoms with Gasteiger partial charge in [-0.3, -0.25) is 0 Å². The van der Waals surface area contributed by atoms with Crippen molar-refractivity contribution in [1.82, 2.24) is 0 Å². The molecule has 51 heavy (non-hydrogen) atoms. The van der Waals surface area contributed by atoms with Crippen molar-refractivity contribution in [2.24, 2.45) is 0 Å². The Labute approximate surface area is 297 Å². The Morgan fingerprint density at radius 1 is 0.353 bits per heavy atom. The van der Waals surface area contributed by atoms with Gasteiger partial charge in [-0.1, -0.05) is 127 Å². The van der Waals surface area contributed by atoms with Crippen LogP contribution in [0.1, 0.15) is 0 Å². The van der Waals surface area contributed by atoms with E-state index in [2.05, 4.69) is 198 Å². The van der Waals surface area contributed by atoms with E-state index >= 15 is 0 Å². The second-order valence-corrected chi connectivity index (χ2v) is 13.7. The number of fused-ring (bicyclic) bond motifs is 15. The molecule has 2 heterocycles. The minimum Gasteiger partial charge on any atom is -0.376 e. The zero-order valence-corrected chi connectivity index (χ0v) is 27.9. The quantitative estimate of drug-likeness (QED) is 0.176. The molecule has 2 aliphatic rings. The lowest BCUT2D eigenvalue weighted by Crippen LogP contribution is -2.59. The second kappa shape index (κ2) is 11.0. The summed E-state index contributed by atoms with van der Waals surface area (Å²) in [6.45, 7) is 0.0370. The Morgan fingerprint density at radius 3 is 1.75 bits per heavy atom. The Kier molecular flexibility index (Phi) is 6.08. The summed E-state index contributed by atoms with van der Waals surface area (Å²) in [6, 6.07) is 69.3. The van der Waals surface area contributed by atoms with E-state index in [9.17, 15) is 0 Å². The molecule has 0 bridgehead atoms. The maximum absolute atomic E-state index is 2.62. The van der Waals surface area contributed by atoms with Crippen LogP contribution in [0.25, 0.3) is 54.6 Å². The predicted octanol–water partition coefficient (Wildman–Crippen LogP) is 11.5. The van der Waals surface area contributed by atoms with Gasteiger partial charge in [0.25, 0.3) is 0 Å². The van der Waals surface area contributed by atoms with Crippen LogP contribution in [0.5, 0.6) is 0 Å². The van der Waals surface area contributed by atoms with Crippen molar-refractivity contribution in [2.45, 2.75) is 0 Å². The van der Waals surface area contributed by atoms with Crippen LogP contribution < -0.4 is 20.6 Å². The second-order valence-electron chi connectivity index (χ2n) is 13.7. The van der Waals surface area contributed by atoms with Crippen molar-refractivity contribution in [1.29, 1.82) is 0 Å². The lowest BCUT2D eigenvalue weighted by molar-refractivity contribution is 1.29. The van der Waals surface area contributed by atoms with E-state index in [1.807, 2.05) is 0 Å².